The lowest BCUT2D eigenvalue weighted by atomic mass is 9.90. The fraction of sp³-hybridized carbons (Fsp3) is 0.136. The van der Waals surface area contributed by atoms with E-state index in [1.807, 2.05) is 60.7 Å². The van der Waals surface area contributed by atoms with E-state index in [2.05, 4.69) is 5.32 Å². The highest BCUT2D eigenvalue weighted by Gasteiger charge is 2.22. The molecular weight excluding hydrogens is 329 g/mol. The quantitative estimate of drug-likeness (QED) is 0.712. The fourth-order valence-electron chi connectivity index (χ4n) is 2.94. The average molecular weight is 349 g/mol. The molecule has 3 rings (SSSR count). The first-order valence-electron chi connectivity index (χ1n) is 8.45. The molecule has 132 valence electrons. The highest BCUT2D eigenvalue weighted by atomic mass is 19.1. The summed E-state index contributed by atoms with van der Waals surface area (Å²) in [5.74, 6) is -0.999. The second-order valence-corrected chi connectivity index (χ2v) is 6.06. The van der Waals surface area contributed by atoms with Crippen LogP contribution in [0.15, 0.2) is 78.9 Å². The summed E-state index contributed by atoms with van der Waals surface area (Å²) in [6.45, 7) is -0.105. The second-order valence-electron chi connectivity index (χ2n) is 6.06. The Bertz CT molecular complexity index is 826. The van der Waals surface area contributed by atoms with Crippen LogP contribution in [0.4, 0.5) is 4.39 Å². The van der Waals surface area contributed by atoms with Crippen LogP contribution in [-0.2, 0) is 17.9 Å². The third-order valence-electron chi connectivity index (χ3n) is 4.28. The van der Waals surface area contributed by atoms with Gasteiger partial charge in [-0.05, 0) is 28.8 Å². The zero-order valence-corrected chi connectivity index (χ0v) is 14.2. The Morgan fingerprint density at radius 3 is 2.04 bits per heavy atom. The molecule has 26 heavy (non-hydrogen) atoms. The van der Waals surface area contributed by atoms with Crippen LogP contribution in [0.2, 0.25) is 0 Å². The molecule has 3 aromatic rings. The normalized spacial score (nSPS) is 10.7. The molecule has 0 bridgehead atoms. The number of carbonyl (C=O) groups excluding carboxylic acids is 1. The Labute approximate surface area is 152 Å². The lowest BCUT2D eigenvalue weighted by Gasteiger charge is -2.18. The van der Waals surface area contributed by atoms with Crippen LogP contribution in [-0.4, -0.2) is 11.0 Å². The van der Waals surface area contributed by atoms with Crippen molar-refractivity contribution in [3.8, 4) is 0 Å². The van der Waals surface area contributed by atoms with E-state index in [1.54, 1.807) is 12.1 Å². The molecule has 2 N–H and O–H groups in total. The van der Waals surface area contributed by atoms with Crippen molar-refractivity contribution in [2.45, 2.75) is 19.1 Å². The van der Waals surface area contributed by atoms with Crippen molar-refractivity contribution in [3.63, 3.8) is 0 Å². The number of benzene rings is 3. The molecule has 0 aliphatic heterocycles. The van der Waals surface area contributed by atoms with Crippen molar-refractivity contribution < 1.29 is 14.3 Å². The maximum Gasteiger partial charge on any atom is 0.232 e. The monoisotopic (exact) mass is 349 g/mol. The fourth-order valence-corrected chi connectivity index (χ4v) is 2.94. The molecule has 0 saturated carbocycles. The maximum absolute atomic E-state index is 13.5. The summed E-state index contributed by atoms with van der Waals surface area (Å²) in [7, 11) is 0. The molecule has 0 radical (unpaired) electrons. The van der Waals surface area contributed by atoms with Crippen LogP contribution in [0.1, 0.15) is 28.2 Å². The van der Waals surface area contributed by atoms with Gasteiger partial charge >= 0.3 is 0 Å². The molecule has 4 heteroatoms. The largest absolute Gasteiger partial charge is 0.392 e. The van der Waals surface area contributed by atoms with Crippen LogP contribution in [0, 0.1) is 5.82 Å². The van der Waals surface area contributed by atoms with Gasteiger partial charge in [-0.15, -0.1) is 0 Å². The molecule has 0 aromatic heterocycles. The van der Waals surface area contributed by atoms with Gasteiger partial charge in [0.2, 0.25) is 5.91 Å². The topological polar surface area (TPSA) is 49.3 Å². The third-order valence-corrected chi connectivity index (χ3v) is 4.28. The first-order chi connectivity index (χ1) is 12.7. The van der Waals surface area contributed by atoms with Gasteiger partial charge in [-0.3, -0.25) is 4.79 Å². The smallest absolute Gasteiger partial charge is 0.232 e. The molecule has 3 nitrogen and oxygen atoms in total. The maximum atomic E-state index is 13.5. The molecule has 0 aliphatic carbocycles. The molecule has 0 saturated heterocycles. The van der Waals surface area contributed by atoms with Crippen molar-refractivity contribution in [1.29, 1.82) is 0 Å². The number of halogens is 1. The van der Waals surface area contributed by atoms with Crippen molar-refractivity contribution in [2.75, 3.05) is 0 Å². The van der Waals surface area contributed by atoms with Crippen LogP contribution >= 0.6 is 0 Å². The number of hydrogen-bond donors (Lipinski definition) is 2. The van der Waals surface area contributed by atoms with Crippen molar-refractivity contribution in [2.24, 2.45) is 0 Å². The van der Waals surface area contributed by atoms with E-state index in [4.69, 9.17) is 0 Å². The minimum atomic E-state index is -0.450. The standard InChI is InChI=1S/C22H20FNO2/c23-20-12-11-16(13-19(20)15-25)14-24-22(26)21(17-7-3-1-4-8-17)18-9-5-2-6-10-18/h1-13,21,25H,14-15H2,(H,24,26). The third kappa shape index (κ3) is 4.16. The summed E-state index contributed by atoms with van der Waals surface area (Å²) in [5.41, 5.74) is 2.78. The van der Waals surface area contributed by atoms with E-state index < -0.39 is 11.7 Å². The van der Waals surface area contributed by atoms with E-state index in [1.165, 1.54) is 6.07 Å². The SMILES string of the molecule is O=C(NCc1ccc(F)c(CO)c1)C(c1ccccc1)c1ccccc1. The summed E-state index contributed by atoms with van der Waals surface area (Å²) in [6.07, 6.45) is 0. The first-order valence-corrected chi connectivity index (χ1v) is 8.45. The van der Waals surface area contributed by atoms with Gasteiger partial charge in [0.05, 0.1) is 12.5 Å². The zero-order chi connectivity index (χ0) is 18.4. The van der Waals surface area contributed by atoms with Crippen LogP contribution in [0.5, 0.6) is 0 Å². The number of rotatable bonds is 6. The molecule has 0 atom stereocenters. The van der Waals surface area contributed by atoms with Crippen LogP contribution in [0.25, 0.3) is 0 Å². The molecule has 0 aliphatic rings. The first kappa shape index (κ1) is 17.8. The summed E-state index contributed by atoms with van der Waals surface area (Å²) < 4.78 is 13.5. The van der Waals surface area contributed by atoms with Gasteiger partial charge in [-0.1, -0.05) is 66.7 Å². The van der Waals surface area contributed by atoms with Crippen molar-refractivity contribution >= 4 is 5.91 Å². The van der Waals surface area contributed by atoms with Crippen molar-refractivity contribution in [1.82, 2.24) is 5.32 Å². The molecular formula is C22H20FNO2. The highest BCUT2D eigenvalue weighted by molar-refractivity contribution is 5.87. The van der Waals surface area contributed by atoms with Gasteiger partial charge in [0.1, 0.15) is 5.82 Å². The van der Waals surface area contributed by atoms with E-state index in [0.29, 0.717) is 0 Å². The van der Waals surface area contributed by atoms with Gasteiger partial charge < -0.3 is 10.4 Å². The van der Waals surface area contributed by atoms with E-state index in [9.17, 15) is 14.3 Å². The molecule has 0 unspecified atom stereocenters. The number of aliphatic hydroxyl groups is 1. The Hall–Kier alpha value is -2.98. The molecule has 0 spiro atoms. The van der Waals surface area contributed by atoms with E-state index in [0.717, 1.165) is 16.7 Å². The Kier molecular flexibility index (Phi) is 5.77. The summed E-state index contributed by atoms with van der Waals surface area (Å²) in [6, 6.07) is 23.7. The van der Waals surface area contributed by atoms with Gasteiger partial charge in [-0.2, -0.15) is 0 Å². The number of carbonyl (C=O) groups is 1. The Morgan fingerprint density at radius 1 is 0.923 bits per heavy atom. The highest BCUT2D eigenvalue weighted by Crippen LogP contribution is 2.25. The second kappa shape index (κ2) is 8.41. The number of hydrogen-bond acceptors (Lipinski definition) is 2. The molecule has 1 amide bonds. The molecule has 3 aromatic carbocycles. The van der Waals surface area contributed by atoms with E-state index >= 15 is 0 Å². The predicted molar refractivity (Wildman–Crippen MR) is 98.9 cm³/mol. The van der Waals surface area contributed by atoms with E-state index in [-0.39, 0.29) is 24.6 Å². The van der Waals surface area contributed by atoms with Crippen LogP contribution in [0.3, 0.4) is 0 Å². The summed E-state index contributed by atoms with van der Waals surface area (Å²) >= 11 is 0. The average Bonchev–Trinajstić information content (AvgIpc) is 2.69. The molecule has 0 fully saturated rings. The van der Waals surface area contributed by atoms with Crippen molar-refractivity contribution in [3.05, 3.63) is 107 Å². The summed E-state index contributed by atoms with van der Waals surface area (Å²) in [4.78, 5) is 12.9. The van der Waals surface area contributed by atoms with Gasteiger partial charge in [0.25, 0.3) is 0 Å². The Morgan fingerprint density at radius 2 is 1.50 bits per heavy atom. The number of amides is 1. The lowest BCUT2D eigenvalue weighted by molar-refractivity contribution is -0.121. The lowest BCUT2D eigenvalue weighted by Crippen LogP contribution is -2.29. The zero-order valence-electron chi connectivity index (χ0n) is 14.2. The van der Waals surface area contributed by atoms with Crippen LogP contribution < -0.4 is 5.32 Å². The number of aliphatic hydroxyl groups excluding tert-OH is 1. The predicted octanol–water partition coefficient (Wildman–Crippen LogP) is 3.77. The number of nitrogens with one attached hydrogen (secondary N) is 1. The molecule has 0 heterocycles. The van der Waals surface area contributed by atoms with Gasteiger partial charge in [0, 0.05) is 12.1 Å². The Balaban J connectivity index is 1.80. The van der Waals surface area contributed by atoms with Gasteiger partial charge in [-0.25, -0.2) is 4.39 Å². The summed E-state index contributed by atoms with van der Waals surface area (Å²) in [5, 5.41) is 12.1. The minimum Gasteiger partial charge on any atom is -0.392 e. The van der Waals surface area contributed by atoms with Gasteiger partial charge in [0.15, 0.2) is 0 Å². The minimum absolute atomic E-state index is 0.128.